The van der Waals surface area contributed by atoms with Crippen LogP contribution >= 0.6 is 23.4 Å². The van der Waals surface area contributed by atoms with E-state index in [9.17, 15) is 4.79 Å². The number of benzene rings is 3. The van der Waals surface area contributed by atoms with E-state index < -0.39 is 0 Å². The molecule has 0 saturated carbocycles. The number of likely N-dealkylation sites (N-methyl/N-ethyl adjacent to an activating group) is 1. The minimum atomic E-state index is 0.169. The Labute approximate surface area is 244 Å². The summed E-state index contributed by atoms with van der Waals surface area (Å²) in [5, 5.41) is 11.3. The quantitative estimate of drug-likeness (QED) is 0.132. The van der Waals surface area contributed by atoms with Crippen LogP contribution in [0.4, 0.5) is 0 Å². The summed E-state index contributed by atoms with van der Waals surface area (Å²) in [5.74, 6) is 0.905. The van der Waals surface area contributed by atoms with E-state index in [0.717, 1.165) is 51.9 Å². The number of para-hydroxylation sites is 1. The molecule has 0 spiro atoms. The Bertz CT molecular complexity index is 1590. The normalized spacial score (nSPS) is 11.5. The number of thioether (sulfide) groups is 1. The fourth-order valence-corrected chi connectivity index (χ4v) is 5.62. The Hall–Kier alpha value is -3.46. The minimum absolute atomic E-state index is 0.169. The van der Waals surface area contributed by atoms with E-state index in [1.54, 1.807) is 11.8 Å². The number of carbonyl (C=O) groups excluding carboxylic acids is 1. The maximum atomic E-state index is 13.1. The zero-order valence-corrected chi connectivity index (χ0v) is 24.4. The lowest BCUT2D eigenvalue weighted by molar-refractivity contribution is -0.132. The van der Waals surface area contributed by atoms with Crippen LogP contribution in [0.1, 0.15) is 24.0 Å². The lowest BCUT2D eigenvalue weighted by Crippen LogP contribution is -2.36. The number of hydrogen-bond acceptors (Lipinski definition) is 6. The Morgan fingerprint density at radius 3 is 2.50 bits per heavy atom. The third kappa shape index (κ3) is 6.99. The summed E-state index contributed by atoms with van der Waals surface area (Å²) < 4.78 is 2.17. The smallest absolute Gasteiger partial charge is 0.222 e. The van der Waals surface area contributed by atoms with Gasteiger partial charge >= 0.3 is 0 Å². The second-order valence-corrected chi connectivity index (χ2v) is 11.6. The molecule has 40 heavy (non-hydrogen) atoms. The second-order valence-electron chi connectivity index (χ2n) is 10.1. The molecule has 0 fully saturated rings. The molecule has 5 aromatic rings. The maximum Gasteiger partial charge on any atom is 0.222 e. The molecule has 0 atom stereocenters. The summed E-state index contributed by atoms with van der Waals surface area (Å²) in [6, 6.07) is 26.2. The molecule has 2 heterocycles. The van der Waals surface area contributed by atoms with E-state index in [0.29, 0.717) is 36.2 Å². The number of aromatic nitrogens is 4. The molecule has 5 rings (SSSR count). The van der Waals surface area contributed by atoms with Crippen molar-refractivity contribution in [2.45, 2.75) is 31.1 Å². The van der Waals surface area contributed by atoms with Gasteiger partial charge in [-0.15, -0.1) is 10.2 Å². The van der Waals surface area contributed by atoms with Gasteiger partial charge in [-0.25, -0.2) is 4.98 Å². The van der Waals surface area contributed by atoms with E-state index in [1.807, 2.05) is 67.5 Å². The first-order valence-corrected chi connectivity index (χ1v) is 14.8. The Kier molecular flexibility index (Phi) is 9.31. The summed E-state index contributed by atoms with van der Waals surface area (Å²) in [7, 11) is 4.06. The molecule has 0 radical (unpaired) electrons. The number of fused-ring (bicyclic) bond motifs is 3. The molecule has 0 N–H and O–H groups in total. The Morgan fingerprint density at radius 1 is 0.925 bits per heavy atom. The van der Waals surface area contributed by atoms with Gasteiger partial charge in [0.25, 0.3) is 0 Å². The molecule has 1 amide bonds. The van der Waals surface area contributed by atoms with Gasteiger partial charge in [-0.05, 0) is 49.8 Å². The van der Waals surface area contributed by atoms with Crippen molar-refractivity contribution in [3.05, 3.63) is 95.0 Å². The highest BCUT2D eigenvalue weighted by Gasteiger charge is 2.17. The van der Waals surface area contributed by atoms with Gasteiger partial charge in [0.2, 0.25) is 11.1 Å². The van der Waals surface area contributed by atoms with Crippen molar-refractivity contribution in [1.82, 2.24) is 29.5 Å². The molecule has 0 saturated heterocycles. The second kappa shape index (κ2) is 13.3. The summed E-state index contributed by atoms with van der Waals surface area (Å²) in [4.78, 5) is 22.1. The van der Waals surface area contributed by atoms with E-state index in [2.05, 4.69) is 50.0 Å². The van der Waals surface area contributed by atoms with Crippen LogP contribution in [0.15, 0.2) is 84.0 Å². The van der Waals surface area contributed by atoms with Crippen molar-refractivity contribution in [1.29, 1.82) is 0 Å². The molecular weight excluding hydrogens is 540 g/mol. The van der Waals surface area contributed by atoms with Crippen molar-refractivity contribution >= 4 is 51.3 Å². The van der Waals surface area contributed by atoms with Crippen LogP contribution in [0.25, 0.3) is 22.1 Å². The van der Waals surface area contributed by atoms with E-state index in [-0.39, 0.29) is 5.91 Å². The first kappa shape index (κ1) is 28.1. The number of halogens is 1. The summed E-state index contributed by atoms with van der Waals surface area (Å²) in [6.07, 6.45) is 1.22. The van der Waals surface area contributed by atoms with Crippen LogP contribution in [0, 0.1) is 0 Å². The van der Waals surface area contributed by atoms with Gasteiger partial charge in [-0.1, -0.05) is 84.0 Å². The number of hydrogen-bond donors (Lipinski definition) is 0. The number of carbonyl (C=O) groups is 1. The van der Waals surface area contributed by atoms with E-state index in [4.69, 9.17) is 16.6 Å². The molecule has 0 bridgehead atoms. The molecule has 2 aromatic heterocycles. The maximum absolute atomic E-state index is 13.1. The van der Waals surface area contributed by atoms with Crippen LogP contribution in [-0.4, -0.2) is 68.4 Å². The standard InChI is InChI=1S/C31H33ClN6OS/c1-36(2)17-18-37(21-23-10-4-3-5-11-23)28(39)16-9-19-40-31-33-30-29(34-35-31)26-14-6-7-15-27(26)38(30)22-24-12-8-13-25(32)20-24/h3-8,10-15,20H,9,16-19,21-22H2,1-2H3. The summed E-state index contributed by atoms with van der Waals surface area (Å²) in [5.41, 5.74) is 4.88. The highest BCUT2D eigenvalue weighted by molar-refractivity contribution is 7.99. The first-order chi connectivity index (χ1) is 19.5. The van der Waals surface area contributed by atoms with Crippen LogP contribution in [-0.2, 0) is 17.9 Å². The van der Waals surface area contributed by atoms with Gasteiger partial charge in [-0.2, -0.15) is 0 Å². The average molecular weight is 573 g/mol. The largest absolute Gasteiger partial charge is 0.337 e. The van der Waals surface area contributed by atoms with Crippen LogP contribution in [0.5, 0.6) is 0 Å². The lowest BCUT2D eigenvalue weighted by atomic mass is 10.2. The first-order valence-electron chi connectivity index (χ1n) is 13.4. The van der Waals surface area contributed by atoms with Gasteiger partial charge in [0.1, 0.15) is 5.52 Å². The van der Waals surface area contributed by atoms with Crippen LogP contribution in [0.2, 0.25) is 5.02 Å². The Balaban J connectivity index is 1.26. The van der Waals surface area contributed by atoms with Crippen molar-refractivity contribution in [3.8, 4) is 0 Å². The van der Waals surface area contributed by atoms with Crippen LogP contribution in [0.3, 0.4) is 0 Å². The van der Waals surface area contributed by atoms with Crippen molar-refractivity contribution in [2.75, 3.05) is 32.9 Å². The molecule has 206 valence electrons. The SMILES string of the molecule is CN(C)CCN(Cc1ccccc1)C(=O)CCCSc1nnc2c3ccccc3n(Cc3cccc(Cl)c3)c2n1. The van der Waals surface area contributed by atoms with E-state index >= 15 is 0 Å². The van der Waals surface area contributed by atoms with Gasteiger partial charge in [0.15, 0.2) is 5.65 Å². The van der Waals surface area contributed by atoms with E-state index in [1.165, 1.54) is 0 Å². The number of rotatable bonds is 12. The minimum Gasteiger partial charge on any atom is -0.337 e. The van der Waals surface area contributed by atoms with Gasteiger partial charge in [0, 0.05) is 48.8 Å². The average Bonchev–Trinajstić information content (AvgIpc) is 3.26. The highest BCUT2D eigenvalue weighted by Crippen LogP contribution is 2.28. The van der Waals surface area contributed by atoms with Crippen molar-refractivity contribution in [2.24, 2.45) is 0 Å². The zero-order chi connectivity index (χ0) is 27.9. The molecular formula is C31H33ClN6OS. The number of amides is 1. The van der Waals surface area contributed by atoms with Crippen molar-refractivity contribution in [3.63, 3.8) is 0 Å². The summed E-state index contributed by atoms with van der Waals surface area (Å²) >= 11 is 7.79. The molecule has 0 aliphatic rings. The molecule has 0 unspecified atom stereocenters. The Morgan fingerprint density at radius 2 is 1.70 bits per heavy atom. The molecule has 9 heteroatoms. The predicted octanol–water partition coefficient (Wildman–Crippen LogP) is 6.14. The highest BCUT2D eigenvalue weighted by atomic mass is 35.5. The number of nitrogens with zero attached hydrogens (tertiary/aromatic N) is 6. The fraction of sp³-hybridized carbons (Fsp3) is 0.290. The van der Waals surface area contributed by atoms with Crippen LogP contribution < -0.4 is 0 Å². The predicted molar refractivity (Wildman–Crippen MR) is 164 cm³/mol. The van der Waals surface area contributed by atoms with Crippen molar-refractivity contribution < 1.29 is 4.79 Å². The summed E-state index contributed by atoms with van der Waals surface area (Å²) in [6.45, 7) is 2.79. The van der Waals surface area contributed by atoms with Gasteiger partial charge in [-0.3, -0.25) is 4.79 Å². The molecule has 3 aromatic carbocycles. The molecule has 7 nitrogen and oxygen atoms in total. The van der Waals surface area contributed by atoms with Gasteiger partial charge in [0.05, 0.1) is 5.52 Å². The third-order valence-corrected chi connectivity index (χ3v) is 7.90. The third-order valence-electron chi connectivity index (χ3n) is 6.74. The topological polar surface area (TPSA) is 67.2 Å². The fourth-order valence-electron chi connectivity index (χ4n) is 4.69. The molecule has 0 aliphatic carbocycles. The zero-order valence-electron chi connectivity index (χ0n) is 22.8. The lowest BCUT2D eigenvalue weighted by Gasteiger charge is -2.24. The van der Waals surface area contributed by atoms with Gasteiger partial charge < -0.3 is 14.4 Å². The molecule has 0 aliphatic heterocycles. The monoisotopic (exact) mass is 572 g/mol.